The summed E-state index contributed by atoms with van der Waals surface area (Å²) in [6, 6.07) is 0.727. The van der Waals surface area contributed by atoms with Gasteiger partial charge in [0.2, 0.25) is 0 Å². The van der Waals surface area contributed by atoms with Crippen molar-refractivity contribution >= 4 is 5.97 Å². The normalized spacial score (nSPS) is 23.0. The first-order valence-corrected chi connectivity index (χ1v) is 6.66. The minimum atomic E-state index is -0.202. The van der Waals surface area contributed by atoms with Crippen molar-refractivity contribution in [2.75, 3.05) is 20.2 Å². The van der Waals surface area contributed by atoms with Crippen molar-refractivity contribution in [3.8, 4) is 0 Å². The maximum atomic E-state index is 11.7. The molecule has 1 heterocycles. The van der Waals surface area contributed by atoms with E-state index in [9.17, 15) is 4.79 Å². The molecule has 0 radical (unpaired) electrons. The van der Waals surface area contributed by atoms with Crippen LogP contribution >= 0.6 is 0 Å². The lowest BCUT2D eigenvalue weighted by Gasteiger charge is -2.28. The minimum absolute atomic E-state index is 0.152. The molecule has 1 aliphatic heterocycles. The molecule has 100 valence electrons. The fraction of sp³-hybridized carbons (Fsp3) is 0.923. The third-order valence-electron chi connectivity index (χ3n) is 3.41. The van der Waals surface area contributed by atoms with E-state index >= 15 is 0 Å². The predicted octanol–water partition coefficient (Wildman–Crippen LogP) is 1.40. The molecule has 0 saturated carbocycles. The molecule has 0 aliphatic carbocycles. The minimum Gasteiger partial charge on any atom is -0.468 e. The van der Waals surface area contributed by atoms with E-state index in [4.69, 9.17) is 4.74 Å². The molecule has 1 rings (SSSR count). The van der Waals surface area contributed by atoms with Gasteiger partial charge in [0.1, 0.15) is 6.04 Å². The van der Waals surface area contributed by atoms with Crippen LogP contribution in [-0.2, 0) is 9.53 Å². The van der Waals surface area contributed by atoms with Crippen LogP contribution in [0.15, 0.2) is 0 Å². The molecule has 1 N–H and O–H groups in total. The number of carbonyl (C=O) groups excluding carboxylic acids is 1. The molecule has 0 amide bonds. The average Bonchev–Trinajstić information content (AvgIpc) is 2.73. The van der Waals surface area contributed by atoms with Crippen LogP contribution in [-0.4, -0.2) is 49.2 Å². The fourth-order valence-corrected chi connectivity index (χ4v) is 2.57. The Morgan fingerprint density at radius 1 is 1.53 bits per heavy atom. The third-order valence-corrected chi connectivity index (χ3v) is 3.41. The second-order valence-electron chi connectivity index (χ2n) is 5.10. The summed E-state index contributed by atoms with van der Waals surface area (Å²) in [6.45, 7) is 8.19. The monoisotopic (exact) mass is 242 g/mol. The average molecular weight is 242 g/mol. The van der Waals surface area contributed by atoms with Crippen LogP contribution in [0.2, 0.25) is 0 Å². The van der Waals surface area contributed by atoms with E-state index in [-0.39, 0.29) is 12.0 Å². The molecule has 0 bridgehead atoms. The smallest absolute Gasteiger partial charge is 0.324 e. The fourth-order valence-electron chi connectivity index (χ4n) is 2.57. The molecule has 1 saturated heterocycles. The molecule has 1 aliphatic rings. The van der Waals surface area contributed by atoms with Crippen LogP contribution in [0.1, 0.15) is 40.0 Å². The van der Waals surface area contributed by atoms with Gasteiger partial charge < -0.3 is 10.1 Å². The Bertz CT molecular complexity index is 244. The van der Waals surface area contributed by atoms with Gasteiger partial charge in [0.25, 0.3) is 0 Å². The van der Waals surface area contributed by atoms with Crippen molar-refractivity contribution in [2.45, 2.75) is 58.2 Å². The number of hydrogen-bond acceptors (Lipinski definition) is 4. The molecular weight excluding hydrogens is 216 g/mol. The number of rotatable bonds is 6. The lowest BCUT2D eigenvalue weighted by atomic mass is 10.1. The Hall–Kier alpha value is -0.610. The Morgan fingerprint density at radius 3 is 2.76 bits per heavy atom. The van der Waals surface area contributed by atoms with Gasteiger partial charge in [-0.1, -0.05) is 20.8 Å². The number of ether oxygens (including phenoxy) is 1. The first-order valence-electron chi connectivity index (χ1n) is 6.66. The molecule has 4 nitrogen and oxygen atoms in total. The number of methoxy groups -OCH3 is 1. The number of nitrogens with one attached hydrogen (secondary N) is 1. The molecule has 0 aromatic heterocycles. The topological polar surface area (TPSA) is 41.6 Å². The van der Waals surface area contributed by atoms with Crippen LogP contribution in [0.25, 0.3) is 0 Å². The van der Waals surface area contributed by atoms with E-state index in [2.05, 4.69) is 31.0 Å². The lowest BCUT2D eigenvalue weighted by Crippen LogP contribution is -2.50. The first-order chi connectivity index (χ1) is 8.08. The molecule has 4 heteroatoms. The van der Waals surface area contributed by atoms with E-state index < -0.39 is 0 Å². The standard InChI is InChI=1S/C13H26N2O2/c1-5-11-7-6-8-15(11)9-12(13(16)17-4)14-10(2)3/h10-12,14H,5-9H2,1-4H3. The van der Waals surface area contributed by atoms with E-state index in [0.717, 1.165) is 19.5 Å². The molecule has 17 heavy (non-hydrogen) atoms. The van der Waals surface area contributed by atoms with Gasteiger partial charge in [-0.2, -0.15) is 0 Å². The molecule has 0 aromatic carbocycles. The largest absolute Gasteiger partial charge is 0.468 e. The van der Waals surface area contributed by atoms with Crippen molar-refractivity contribution in [1.29, 1.82) is 0 Å². The molecule has 1 fully saturated rings. The van der Waals surface area contributed by atoms with Gasteiger partial charge in [-0.15, -0.1) is 0 Å². The van der Waals surface area contributed by atoms with Gasteiger partial charge in [-0.3, -0.25) is 9.69 Å². The maximum Gasteiger partial charge on any atom is 0.324 e. The number of esters is 1. The number of nitrogens with zero attached hydrogens (tertiary/aromatic N) is 1. The summed E-state index contributed by atoms with van der Waals surface area (Å²) in [5, 5.41) is 3.29. The molecule has 0 aromatic rings. The third kappa shape index (κ3) is 4.28. The van der Waals surface area contributed by atoms with Gasteiger partial charge in [0.05, 0.1) is 7.11 Å². The van der Waals surface area contributed by atoms with Crippen LogP contribution in [0.4, 0.5) is 0 Å². The van der Waals surface area contributed by atoms with Crippen LogP contribution in [0.3, 0.4) is 0 Å². The summed E-state index contributed by atoms with van der Waals surface area (Å²) in [5.41, 5.74) is 0. The van der Waals surface area contributed by atoms with Crippen molar-refractivity contribution < 1.29 is 9.53 Å². The SMILES string of the molecule is CCC1CCCN1CC(NC(C)C)C(=O)OC. The summed E-state index contributed by atoms with van der Waals surface area (Å²) < 4.78 is 4.86. The van der Waals surface area contributed by atoms with Crippen LogP contribution < -0.4 is 5.32 Å². The van der Waals surface area contributed by atoms with Crippen molar-refractivity contribution in [3.63, 3.8) is 0 Å². The zero-order chi connectivity index (χ0) is 12.8. The molecular formula is C13H26N2O2. The van der Waals surface area contributed by atoms with E-state index in [1.165, 1.54) is 20.0 Å². The second kappa shape index (κ2) is 6.97. The van der Waals surface area contributed by atoms with Gasteiger partial charge in [-0.25, -0.2) is 0 Å². The summed E-state index contributed by atoms with van der Waals surface area (Å²) in [4.78, 5) is 14.1. The van der Waals surface area contributed by atoms with Crippen LogP contribution in [0.5, 0.6) is 0 Å². The molecule has 0 spiro atoms. The number of hydrogen-bond donors (Lipinski definition) is 1. The van der Waals surface area contributed by atoms with Gasteiger partial charge in [0, 0.05) is 18.6 Å². The second-order valence-corrected chi connectivity index (χ2v) is 5.10. The first kappa shape index (κ1) is 14.5. The Balaban J connectivity index is 2.55. The van der Waals surface area contributed by atoms with Crippen LogP contribution in [0, 0.1) is 0 Å². The quantitative estimate of drug-likeness (QED) is 0.715. The summed E-state index contributed by atoms with van der Waals surface area (Å²) in [5.74, 6) is -0.152. The summed E-state index contributed by atoms with van der Waals surface area (Å²) in [7, 11) is 1.46. The number of likely N-dealkylation sites (tertiary alicyclic amines) is 1. The highest BCUT2D eigenvalue weighted by molar-refractivity contribution is 5.76. The van der Waals surface area contributed by atoms with Gasteiger partial charge >= 0.3 is 5.97 Å². The van der Waals surface area contributed by atoms with Gasteiger partial charge in [-0.05, 0) is 25.8 Å². The summed E-state index contributed by atoms with van der Waals surface area (Å²) >= 11 is 0. The number of carbonyl (C=O) groups is 1. The van der Waals surface area contributed by atoms with Crippen molar-refractivity contribution in [1.82, 2.24) is 10.2 Å². The zero-order valence-electron chi connectivity index (χ0n) is 11.5. The van der Waals surface area contributed by atoms with Crippen molar-refractivity contribution in [2.24, 2.45) is 0 Å². The zero-order valence-corrected chi connectivity index (χ0v) is 11.5. The predicted molar refractivity (Wildman–Crippen MR) is 69.0 cm³/mol. The maximum absolute atomic E-state index is 11.7. The highest BCUT2D eigenvalue weighted by atomic mass is 16.5. The Morgan fingerprint density at radius 2 is 2.24 bits per heavy atom. The van der Waals surface area contributed by atoms with E-state index in [1.807, 2.05) is 0 Å². The lowest BCUT2D eigenvalue weighted by molar-refractivity contribution is -0.143. The van der Waals surface area contributed by atoms with Gasteiger partial charge in [0.15, 0.2) is 0 Å². The highest BCUT2D eigenvalue weighted by Gasteiger charge is 2.29. The Labute approximate surface area is 105 Å². The van der Waals surface area contributed by atoms with E-state index in [0.29, 0.717) is 12.1 Å². The summed E-state index contributed by atoms with van der Waals surface area (Å²) in [6.07, 6.45) is 3.66. The highest BCUT2D eigenvalue weighted by Crippen LogP contribution is 2.19. The van der Waals surface area contributed by atoms with E-state index in [1.54, 1.807) is 0 Å². The van der Waals surface area contributed by atoms with Crippen molar-refractivity contribution in [3.05, 3.63) is 0 Å². The molecule has 2 unspecified atom stereocenters. The molecule has 2 atom stereocenters. The Kier molecular flexibility index (Phi) is 5.92.